The summed E-state index contributed by atoms with van der Waals surface area (Å²) in [5.41, 5.74) is 4.18. The minimum Gasteiger partial charge on any atom is -0.497 e. The van der Waals surface area contributed by atoms with Crippen LogP contribution in [0.4, 0.5) is 5.69 Å². The highest BCUT2D eigenvalue weighted by molar-refractivity contribution is 7.99. The molecule has 0 amide bonds. The van der Waals surface area contributed by atoms with E-state index in [0.29, 0.717) is 6.04 Å². The number of aromatic nitrogens is 2. The molecule has 0 bridgehead atoms. The Morgan fingerprint density at radius 1 is 1.24 bits per heavy atom. The number of nitrogens with zero attached hydrogens (tertiary/aromatic N) is 3. The molecule has 0 saturated carbocycles. The molecule has 0 radical (unpaired) electrons. The zero-order chi connectivity index (χ0) is 23.3. The lowest BCUT2D eigenvalue weighted by molar-refractivity contribution is 0.207. The molecule has 34 heavy (non-hydrogen) atoms. The molecule has 1 fully saturated rings. The SMILES string of the molecule is COc1ccc2ncc(SCCN3CCC(NCc4cc5c(cc4Cl)SCCN5)CC3)nc2c1. The highest BCUT2D eigenvalue weighted by Gasteiger charge is 2.20. The van der Waals surface area contributed by atoms with Crippen LogP contribution in [0.5, 0.6) is 5.75 Å². The minimum absolute atomic E-state index is 0.541. The van der Waals surface area contributed by atoms with Crippen molar-refractivity contribution in [3.63, 3.8) is 0 Å². The molecule has 1 saturated heterocycles. The van der Waals surface area contributed by atoms with E-state index in [1.165, 1.54) is 16.1 Å². The van der Waals surface area contributed by atoms with E-state index in [9.17, 15) is 0 Å². The van der Waals surface area contributed by atoms with E-state index in [-0.39, 0.29) is 0 Å². The number of anilines is 1. The van der Waals surface area contributed by atoms with Crippen LogP contribution in [0.25, 0.3) is 11.0 Å². The van der Waals surface area contributed by atoms with E-state index in [4.69, 9.17) is 21.3 Å². The van der Waals surface area contributed by atoms with Crippen molar-refractivity contribution in [2.45, 2.75) is 35.3 Å². The Bertz CT molecular complexity index is 1140. The summed E-state index contributed by atoms with van der Waals surface area (Å²) >= 11 is 10.2. The number of hydrogen-bond donors (Lipinski definition) is 2. The average molecular weight is 516 g/mol. The summed E-state index contributed by atoms with van der Waals surface area (Å²) in [5.74, 6) is 2.92. The second-order valence-corrected chi connectivity index (χ2v) is 11.3. The van der Waals surface area contributed by atoms with E-state index in [1.807, 2.05) is 36.2 Å². The fourth-order valence-electron chi connectivity index (χ4n) is 4.40. The number of ether oxygens (including phenoxy) is 1. The van der Waals surface area contributed by atoms with Gasteiger partial charge in [-0.25, -0.2) is 4.98 Å². The zero-order valence-electron chi connectivity index (χ0n) is 19.3. The van der Waals surface area contributed by atoms with Crippen molar-refractivity contribution in [3.8, 4) is 5.75 Å². The summed E-state index contributed by atoms with van der Waals surface area (Å²) in [4.78, 5) is 13.1. The van der Waals surface area contributed by atoms with Gasteiger partial charge in [0, 0.05) is 58.9 Å². The number of hydrogen-bond acceptors (Lipinski definition) is 8. The Hall–Kier alpha value is -1.71. The summed E-state index contributed by atoms with van der Waals surface area (Å²) in [5, 5.41) is 9.06. The standard InChI is InChI=1S/C25H30ClN5OS2/c1-32-19-2-3-21-22(13-19)30-25(16-29-21)34-11-9-31-7-4-18(5-8-31)28-15-17-12-23-24(14-20(17)26)33-10-6-27-23/h2-3,12-14,16,18,27-28H,4-11,15H2,1H3. The van der Waals surface area contributed by atoms with Crippen LogP contribution in [-0.2, 0) is 6.54 Å². The fraction of sp³-hybridized carbons (Fsp3) is 0.440. The molecule has 5 rings (SSSR count). The van der Waals surface area contributed by atoms with Gasteiger partial charge in [-0.2, -0.15) is 0 Å². The molecule has 6 nitrogen and oxygen atoms in total. The average Bonchev–Trinajstić information content (AvgIpc) is 2.87. The highest BCUT2D eigenvalue weighted by Crippen LogP contribution is 2.35. The zero-order valence-corrected chi connectivity index (χ0v) is 21.7. The summed E-state index contributed by atoms with van der Waals surface area (Å²) in [7, 11) is 1.67. The van der Waals surface area contributed by atoms with Gasteiger partial charge in [0.15, 0.2) is 0 Å². The Kier molecular flexibility index (Phi) is 8.01. The lowest BCUT2D eigenvalue weighted by atomic mass is 10.0. The van der Waals surface area contributed by atoms with Gasteiger partial charge in [0.1, 0.15) is 10.8 Å². The van der Waals surface area contributed by atoms with E-state index in [2.05, 4.69) is 32.7 Å². The van der Waals surface area contributed by atoms with Gasteiger partial charge in [0.2, 0.25) is 0 Å². The van der Waals surface area contributed by atoms with E-state index in [0.717, 1.165) is 83.9 Å². The lowest BCUT2D eigenvalue weighted by Crippen LogP contribution is -2.43. The number of piperidine rings is 1. The third kappa shape index (κ3) is 5.91. The molecule has 0 spiro atoms. The van der Waals surface area contributed by atoms with Gasteiger partial charge >= 0.3 is 0 Å². The van der Waals surface area contributed by atoms with Crippen molar-refractivity contribution >= 4 is 51.8 Å². The molecule has 2 N–H and O–H groups in total. The third-order valence-electron chi connectivity index (χ3n) is 6.38. The number of fused-ring (bicyclic) bond motifs is 2. The van der Waals surface area contributed by atoms with Crippen molar-refractivity contribution in [2.24, 2.45) is 0 Å². The Balaban J connectivity index is 1.05. The molecule has 9 heteroatoms. The van der Waals surface area contributed by atoms with Crippen LogP contribution in [-0.4, -0.2) is 65.7 Å². The van der Waals surface area contributed by atoms with Gasteiger partial charge in [-0.05, 0) is 55.8 Å². The maximum atomic E-state index is 6.55. The molecule has 0 aliphatic carbocycles. The monoisotopic (exact) mass is 515 g/mol. The number of thioether (sulfide) groups is 2. The first-order valence-electron chi connectivity index (χ1n) is 11.8. The first-order valence-corrected chi connectivity index (χ1v) is 14.1. The van der Waals surface area contributed by atoms with Crippen LogP contribution < -0.4 is 15.4 Å². The van der Waals surface area contributed by atoms with E-state index in [1.54, 1.807) is 18.9 Å². The number of benzene rings is 2. The van der Waals surface area contributed by atoms with Crippen LogP contribution in [0.1, 0.15) is 18.4 Å². The molecule has 2 aromatic carbocycles. The van der Waals surface area contributed by atoms with Crippen LogP contribution in [0, 0.1) is 0 Å². The van der Waals surface area contributed by atoms with Crippen LogP contribution in [0.15, 0.2) is 46.5 Å². The summed E-state index contributed by atoms with van der Waals surface area (Å²) < 4.78 is 5.31. The van der Waals surface area contributed by atoms with Crippen LogP contribution in [0.2, 0.25) is 5.02 Å². The maximum absolute atomic E-state index is 6.55. The molecule has 2 aliphatic rings. The number of likely N-dealkylation sites (tertiary alicyclic amines) is 1. The van der Waals surface area contributed by atoms with Crippen molar-refractivity contribution in [2.75, 3.05) is 50.1 Å². The maximum Gasteiger partial charge on any atom is 0.121 e. The van der Waals surface area contributed by atoms with Crippen LogP contribution in [0.3, 0.4) is 0 Å². The largest absolute Gasteiger partial charge is 0.497 e. The first-order chi connectivity index (χ1) is 16.7. The summed E-state index contributed by atoms with van der Waals surface area (Å²) in [6, 6.07) is 10.7. The molecular weight excluding hydrogens is 486 g/mol. The van der Waals surface area contributed by atoms with Gasteiger partial charge in [-0.3, -0.25) is 4.98 Å². The molecule has 0 atom stereocenters. The van der Waals surface area contributed by atoms with E-state index < -0.39 is 0 Å². The fourth-order valence-corrected chi connectivity index (χ4v) is 6.46. The number of methoxy groups -OCH3 is 1. The minimum atomic E-state index is 0.541. The second kappa shape index (κ2) is 11.4. The molecule has 0 unspecified atom stereocenters. The molecule has 180 valence electrons. The first kappa shape index (κ1) is 24.0. The lowest BCUT2D eigenvalue weighted by Gasteiger charge is -2.32. The molecule has 2 aliphatic heterocycles. The summed E-state index contributed by atoms with van der Waals surface area (Å²) in [6.45, 7) is 5.15. The van der Waals surface area contributed by atoms with Gasteiger partial charge in [-0.15, -0.1) is 23.5 Å². The van der Waals surface area contributed by atoms with Crippen molar-refractivity contribution in [1.82, 2.24) is 20.2 Å². The van der Waals surface area contributed by atoms with Gasteiger partial charge in [0.05, 0.1) is 24.3 Å². The number of halogens is 1. The number of nitrogens with one attached hydrogen (secondary N) is 2. The normalized spacial score (nSPS) is 16.9. The predicted molar refractivity (Wildman–Crippen MR) is 144 cm³/mol. The number of rotatable bonds is 8. The Labute approximate surface area is 214 Å². The second-order valence-electron chi connectivity index (χ2n) is 8.62. The topological polar surface area (TPSA) is 62.3 Å². The van der Waals surface area contributed by atoms with Gasteiger partial charge in [-0.1, -0.05) is 11.6 Å². The smallest absolute Gasteiger partial charge is 0.121 e. The predicted octanol–water partition coefficient (Wildman–Crippen LogP) is 5.16. The Morgan fingerprint density at radius 2 is 2.12 bits per heavy atom. The van der Waals surface area contributed by atoms with Crippen molar-refractivity contribution < 1.29 is 4.74 Å². The quantitative estimate of drug-likeness (QED) is 0.399. The highest BCUT2D eigenvalue weighted by atomic mass is 35.5. The molecule has 3 heterocycles. The summed E-state index contributed by atoms with van der Waals surface area (Å²) in [6.07, 6.45) is 4.20. The van der Waals surface area contributed by atoms with Crippen molar-refractivity contribution in [3.05, 3.63) is 47.1 Å². The van der Waals surface area contributed by atoms with Gasteiger partial charge < -0.3 is 20.3 Å². The molecular formula is C25H30ClN5OS2. The third-order valence-corrected chi connectivity index (χ3v) is 8.67. The van der Waals surface area contributed by atoms with Crippen LogP contribution >= 0.6 is 35.1 Å². The van der Waals surface area contributed by atoms with E-state index >= 15 is 0 Å². The van der Waals surface area contributed by atoms with Gasteiger partial charge in [0.25, 0.3) is 0 Å². The van der Waals surface area contributed by atoms with Crippen molar-refractivity contribution in [1.29, 1.82) is 0 Å². The molecule has 3 aromatic rings. The molecule has 1 aromatic heterocycles. The Morgan fingerprint density at radius 3 is 2.97 bits per heavy atom.